The van der Waals surface area contributed by atoms with Gasteiger partial charge in [0, 0.05) is 16.5 Å². The van der Waals surface area contributed by atoms with Gasteiger partial charge in [0.25, 0.3) is 0 Å². The minimum Gasteiger partial charge on any atom is -0.497 e. The van der Waals surface area contributed by atoms with E-state index in [1.807, 2.05) is 42.5 Å². The highest BCUT2D eigenvalue weighted by molar-refractivity contribution is 6.30. The zero-order valence-electron chi connectivity index (χ0n) is 20.0. The monoisotopic (exact) mass is 522 g/mol. The number of fused-ring (bicyclic) bond motifs is 2. The van der Waals surface area contributed by atoms with Crippen molar-refractivity contribution in [3.63, 3.8) is 0 Å². The van der Waals surface area contributed by atoms with E-state index in [1.165, 1.54) is 0 Å². The molecule has 2 aromatic heterocycles. The van der Waals surface area contributed by atoms with Gasteiger partial charge in [-0.25, -0.2) is 4.79 Å². The van der Waals surface area contributed by atoms with Crippen molar-refractivity contribution in [2.75, 3.05) is 7.11 Å². The third kappa shape index (κ3) is 3.77. The lowest BCUT2D eigenvalue weighted by Crippen LogP contribution is -2.22. The van der Waals surface area contributed by atoms with Crippen molar-refractivity contribution in [3.8, 4) is 34.6 Å². The van der Waals surface area contributed by atoms with Crippen LogP contribution in [0.4, 0.5) is 0 Å². The van der Waals surface area contributed by atoms with E-state index < -0.39 is 11.5 Å². The van der Waals surface area contributed by atoms with Crippen LogP contribution in [0, 0.1) is 11.3 Å². The Morgan fingerprint density at radius 1 is 1.08 bits per heavy atom. The molecular formula is C29H19ClN4O4. The molecule has 3 heterocycles. The second-order valence-corrected chi connectivity index (χ2v) is 9.08. The van der Waals surface area contributed by atoms with Gasteiger partial charge in [-0.05, 0) is 48.0 Å². The average molecular weight is 523 g/mol. The molecule has 5 aromatic rings. The molecule has 1 unspecified atom stereocenters. The molecule has 6 rings (SSSR count). The van der Waals surface area contributed by atoms with E-state index in [2.05, 4.69) is 6.07 Å². The third-order valence-corrected chi connectivity index (χ3v) is 6.70. The number of aromatic nitrogens is 2. The maximum Gasteiger partial charge on any atom is 0.345 e. The Hall–Kier alpha value is -5.00. The fraction of sp³-hybridized carbons (Fsp3) is 0.0690. The van der Waals surface area contributed by atoms with Crippen LogP contribution in [-0.4, -0.2) is 16.9 Å². The van der Waals surface area contributed by atoms with Gasteiger partial charge in [-0.15, -0.1) is 0 Å². The Morgan fingerprint density at radius 3 is 2.55 bits per heavy atom. The number of nitriles is 1. The lowest BCUT2D eigenvalue weighted by Gasteiger charge is -2.25. The smallest absolute Gasteiger partial charge is 0.345 e. The van der Waals surface area contributed by atoms with Crippen molar-refractivity contribution >= 4 is 22.6 Å². The first-order chi connectivity index (χ1) is 18.5. The van der Waals surface area contributed by atoms with Gasteiger partial charge >= 0.3 is 5.63 Å². The van der Waals surface area contributed by atoms with Crippen molar-refractivity contribution in [3.05, 3.63) is 117 Å². The second-order valence-electron chi connectivity index (χ2n) is 8.64. The molecule has 0 saturated carbocycles. The molecule has 0 bridgehead atoms. The van der Waals surface area contributed by atoms with Crippen LogP contribution in [0.15, 0.2) is 99.5 Å². The van der Waals surface area contributed by atoms with Crippen molar-refractivity contribution in [1.29, 1.82) is 5.26 Å². The molecule has 0 amide bonds. The van der Waals surface area contributed by atoms with Crippen LogP contribution < -0.4 is 20.8 Å². The molecule has 0 radical (unpaired) electrons. The molecule has 0 spiro atoms. The first-order valence-electron chi connectivity index (χ1n) is 11.6. The highest BCUT2D eigenvalue weighted by atomic mass is 35.5. The molecule has 0 saturated heterocycles. The van der Waals surface area contributed by atoms with Crippen LogP contribution in [0.1, 0.15) is 17.0 Å². The summed E-state index contributed by atoms with van der Waals surface area (Å²) in [4.78, 5) is 13.4. The third-order valence-electron chi connectivity index (χ3n) is 6.45. The molecular weight excluding hydrogens is 504 g/mol. The topological polar surface area (TPSA) is 116 Å². The molecule has 38 heavy (non-hydrogen) atoms. The van der Waals surface area contributed by atoms with Gasteiger partial charge in [0.15, 0.2) is 0 Å². The zero-order valence-corrected chi connectivity index (χ0v) is 20.8. The maximum absolute atomic E-state index is 13.4. The highest BCUT2D eigenvalue weighted by Gasteiger charge is 2.38. The Labute approximate surface area is 221 Å². The van der Waals surface area contributed by atoms with Crippen molar-refractivity contribution in [2.24, 2.45) is 5.73 Å². The quantitative estimate of drug-likeness (QED) is 0.308. The van der Waals surface area contributed by atoms with E-state index in [1.54, 1.807) is 48.2 Å². The van der Waals surface area contributed by atoms with E-state index in [0.717, 1.165) is 5.56 Å². The summed E-state index contributed by atoms with van der Waals surface area (Å²) in [6.45, 7) is 0. The minimum atomic E-state index is -0.667. The molecule has 0 aliphatic carbocycles. The Balaban J connectivity index is 1.67. The Bertz CT molecular complexity index is 1830. The van der Waals surface area contributed by atoms with Crippen molar-refractivity contribution in [2.45, 2.75) is 5.92 Å². The first kappa shape index (κ1) is 23.4. The molecule has 3 aromatic carbocycles. The largest absolute Gasteiger partial charge is 0.497 e. The van der Waals surface area contributed by atoms with Gasteiger partial charge in [0.05, 0.1) is 29.8 Å². The summed E-state index contributed by atoms with van der Waals surface area (Å²) in [5, 5.41) is 16.1. The van der Waals surface area contributed by atoms with Crippen molar-refractivity contribution in [1.82, 2.24) is 9.78 Å². The van der Waals surface area contributed by atoms with E-state index in [9.17, 15) is 10.1 Å². The highest BCUT2D eigenvalue weighted by Crippen LogP contribution is 2.47. The van der Waals surface area contributed by atoms with E-state index in [0.29, 0.717) is 44.6 Å². The summed E-state index contributed by atoms with van der Waals surface area (Å²) in [5.74, 6) is 0.159. The van der Waals surface area contributed by atoms with Crippen molar-refractivity contribution < 1.29 is 13.9 Å². The first-order valence-corrected chi connectivity index (χ1v) is 12.0. The molecule has 0 fully saturated rings. The summed E-state index contributed by atoms with van der Waals surface area (Å²) in [5.41, 5.74) is 8.72. The summed E-state index contributed by atoms with van der Waals surface area (Å²) >= 11 is 6.15. The van der Waals surface area contributed by atoms with Gasteiger partial charge < -0.3 is 19.6 Å². The normalized spacial score (nSPS) is 14.6. The van der Waals surface area contributed by atoms with E-state index in [-0.39, 0.29) is 17.0 Å². The number of nitrogens with zero attached hydrogens (tertiary/aromatic N) is 3. The van der Waals surface area contributed by atoms with Crippen LogP contribution in [-0.2, 0) is 0 Å². The number of methoxy groups -OCH3 is 1. The maximum atomic E-state index is 13.4. The molecule has 1 aliphatic rings. The Morgan fingerprint density at radius 2 is 1.84 bits per heavy atom. The Kier molecular flexibility index (Phi) is 5.63. The molecule has 9 heteroatoms. The van der Waals surface area contributed by atoms with Crippen LogP contribution in [0.25, 0.3) is 27.9 Å². The molecule has 2 N–H and O–H groups in total. The summed E-state index contributed by atoms with van der Waals surface area (Å²) < 4.78 is 18.5. The van der Waals surface area contributed by atoms with Gasteiger partial charge in [0.2, 0.25) is 11.8 Å². The number of benzene rings is 3. The fourth-order valence-corrected chi connectivity index (χ4v) is 4.78. The SMILES string of the molecule is COc1ccc2cc(-c3nn(-c4ccccc4)c4c3C(c3ccc(Cl)cc3)C(C#N)=C(N)O4)c(=O)oc2c1. The van der Waals surface area contributed by atoms with Gasteiger partial charge in [-0.1, -0.05) is 41.9 Å². The van der Waals surface area contributed by atoms with Crippen LogP contribution in [0.2, 0.25) is 5.02 Å². The lowest BCUT2D eigenvalue weighted by molar-refractivity contribution is 0.367. The zero-order chi connectivity index (χ0) is 26.4. The lowest BCUT2D eigenvalue weighted by atomic mass is 9.83. The summed E-state index contributed by atoms with van der Waals surface area (Å²) in [6, 6.07) is 25.5. The molecule has 1 atom stereocenters. The van der Waals surface area contributed by atoms with Crippen LogP contribution in [0.5, 0.6) is 11.6 Å². The number of ether oxygens (including phenoxy) is 2. The standard InChI is InChI=1S/C29H19ClN4O4/c1-36-20-12-9-17-13-21(29(35)37-23(17)14-20)26-25-24(16-7-10-18(30)11-8-16)22(15-31)27(32)38-28(25)34(33-26)19-5-3-2-4-6-19/h2-14,24H,32H2,1H3. The minimum absolute atomic E-state index is 0.0405. The molecule has 186 valence electrons. The number of halogens is 1. The fourth-order valence-electron chi connectivity index (χ4n) is 4.65. The molecule has 8 nitrogen and oxygen atoms in total. The number of allylic oxidation sites excluding steroid dienone is 1. The molecule has 1 aliphatic heterocycles. The summed E-state index contributed by atoms with van der Waals surface area (Å²) in [6.07, 6.45) is 0. The van der Waals surface area contributed by atoms with Gasteiger partial charge in [0.1, 0.15) is 28.7 Å². The number of rotatable bonds is 4. The number of nitrogens with two attached hydrogens (primary N) is 1. The summed E-state index contributed by atoms with van der Waals surface area (Å²) in [7, 11) is 1.54. The van der Waals surface area contributed by atoms with Crippen LogP contribution in [0.3, 0.4) is 0 Å². The number of hydrogen-bond donors (Lipinski definition) is 1. The van der Waals surface area contributed by atoms with Crippen LogP contribution >= 0.6 is 11.6 Å². The van der Waals surface area contributed by atoms with Gasteiger partial charge in [-0.3, -0.25) is 0 Å². The average Bonchev–Trinajstić information content (AvgIpc) is 3.31. The van der Waals surface area contributed by atoms with Gasteiger partial charge in [-0.2, -0.15) is 15.0 Å². The predicted molar refractivity (Wildman–Crippen MR) is 142 cm³/mol. The number of hydrogen-bond acceptors (Lipinski definition) is 7. The second kappa shape index (κ2) is 9.14. The predicted octanol–water partition coefficient (Wildman–Crippen LogP) is 5.53. The number of para-hydroxylation sites is 1. The van der Waals surface area contributed by atoms with E-state index >= 15 is 0 Å². The van der Waals surface area contributed by atoms with E-state index in [4.69, 9.17) is 36.3 Å².